The summed E-state index contributed by atoms with van der Waals surface area (Å²) in [7, 11) is 1.70. The zero-order valence-electron chi connectivity index (χ0n) is 12.0. The van der Waals surface area contributed by atoms with Gasteiger partial charge >= 0.3 is 0 Å². The first kappa shape index (κ1) is 13.9. The molecular weight excluding hydrogens is 254 g/mol. The average Bonchev–Trinajstić information content (AvgIpc) is 2.84. The number of ether oxygens (including phenoxy) is 2. The van der Waals surface area contributed by atoms with Crippen LogP contribution in [0.25, 0.3) is 0 Å². The molecule has 4 nitrogen and oxygen atoms in total. The molecule has 1 aliphatic heterocycles. The van der Waals surface area contributed by atoms with E-state index < -0.39 is 5.60 Å². The van der Waals surface area contributed by atoms with E-state index in [1.54, 1.807) is 7.11 Å². The smallest absolute Gasteiger partial charge is 0.119 e. The first-order chi connectivity index (χ1) is 9.68. The highest BCUT2D eigenvalue weighted by molar-refractivity contribution is 5.32. The quantitative estimate of drug-likeness (QED) is 0.860. The molecule has 0 bridgehead atoms. The molecule has 3 rings (SSSR count). The van der Waals surface area contributed by atoms with Gasteiger partial charge in [0.15, 0.2) is 0 Å². The standard InChI is InChI=1S/C16H23NO3/c1-19-15-4-2-3-12(9-15)13-7-14(8-13)17-10-16(18)5-6-20-11-16/h2-4,9,13-14,17-18H,5-8,10-11H2,1H3. The lowest BCUT2D eigenvalue weighted by Gasteiger charge is -2.38. The zero-order chi connectivity index (χ0) is 14.0. The van der Waals surface area contributed by atoms with E-state index in [4.69, 9.17) is 9.47 Å². The van der Waals surface area contributed by atoms with Crippen LogP contribution in [0.3, 0.4) is 0 Å². The van der Waals surface area contributed by atoms with Crippen molar-refractivity contribution in [1.29, 1.82) is 0 Å². The number of nitrogens with one attached hydrogen (secondary N) is 1. The van der Waals surface area contributed by atoms with Gasteiger partial charge in [-0.3, -0.25) is 0 Å². The molecule has 1 aromatic rings. The number of benzene rings is 1. The van der Waals surface area contributed by atoms with Gasteiger partial charge in [-0.1, -0.05) is 12.1 Å². The lowest BCUT2D eigenvalue weighted by Crippen LogP contribution is -2.48. The molecule has 0 aromatic heterocycles. The summed E-state index contributed by atoms with van der Waals surface area (Å²) in [5.41, 5.74) is 0.700. The van der Waals surface area contributed by atoms with Crippen molar-refractivity contribution in [3.63, 3.8) is 0 Å². The van der Waals surface area contributed by atoms with Gasteiger partial charge in [0.1, 0.15) is 11.4 Å². The lowest BCUT2D eigenvalue weighted by atomic mass is 9.75. The SMILES string of the molecule is COc1cccc(C2CC(NCC3(O)CCOC3)C2)c1. The summed E-state index contributed by atoms with van der Waals surface area (Å²) in [6.07, 6.45) is 3.00. The molecular formula is C16H23NO3. The minimum Gasteiger partial charge on any atom is -0.497 e. The van der Waals surface area contributed by atoms with Crippen molar-refractivity contribution < 1.29 is 14.6 Å². The predicted molar refractivity (Wildman–Crippen MR) is 77.1 cm³/mol. The molecule has 2 aliphatic rings. The summed E-state index contributed by atoms with van der Waals surface area (Å²) in [5.74, 6) is 1.54. The van der Waals surface area contributed by atoms with E-state index >= 15 is 0 Å². The van der Waals surface area contributed by atoms with E-state index in [9.17, 15) is 5.11 Å². The Kier molecular flexibility index (Phi) is 3.96. The second-order valence-corrected chi connectivity index (χ2v) is 6.05. The first-order valence-electron chi connectivity index (χ1n) is 7.36. The maximum Gasteiger partial charge on any atom is 0.119 e. The van der Waals surface area contributed by atoms with Gasteiger partial charge in [-0.05, 0) is 36.5 Å². The van der Waals surface area contributed by atoms with Gasteiger partial charge in [-0.15, -0.1) is 0 Å². The van der Waals surface area contributed by atoms with Crippen molar-refractivity contribution in [1.82, 2.24) is 5.32 Å². The largest absolute Gasteiger partial charge is 0.497 e. The Morgan fingerprint density at radius 1 is 1.45 bits per heavy atom. The van der Waals surface area contributed by atoms with Gasteiger partial charge in [0.2, 0.25) is 0 Å². The van der Waals surface area contributed by atoms with Gasteiger partial charge in [0.25, 0.3) is 0 Å². The molecule has 20 heavy (non-hydrogen) atoms. The van der Waals surface area contributed by atoms with Crippen LogP contribution >= 0.6 is 0 Å². The van der Waals surface area contributed by atoms with E-state index in [0.29, 0.717) is 31.7 Å². The predicted octanol–water partition coefficient (Wildman–Crippen LogP) is 1.68. The fraction of sp³-hybridized carbons (Fsp3) is 0.625. The van der Waals surface area contributed by atoms with Gasteiger partial charge in [-0.2, -0.15) is 0 Å². The van der Waals surface area contributed by atoms with E-state index in [-0.39, 0.29) is 0 Å². The Labute approximate surface area is 120 Å². The van der Waals surface area contributed by atoms with E-state index in [2.05, 4.69) is 17.4 Å². The van der Waals surface area contributed by atoms with E-state index in [1.165, 1.54) is 5.56 Å². The lowest BCUT2D eigenvalue weighted by molar-refractivity contribution is 0.0216. The van der Waals surface area contributed by atoms with Crippen LogP contribution in [0.5, 0.6) is 5.75 Å². The first-order valence-corrected chi connectivity index (χ1v) is 7.36. The monoisotopic (exact) mass is 277 g/mol. The van der Waals surface area contributed by atoms with Crippen LogP contribution < -0.4 is 10.1 Å². The fourth-order valence-corrected chi connectivity index (χ4v) is 3.02. The molecule has 110 valence electrons. The summed E-state index contributed by atoms with van der Waals surface area (Å²) in [4.78, 5) is 0. The van der Waals surface area contributed by atoms with Crippen LogP contribution in [0, 0.1) is 0 Å². The molecule has 1 saturated heterocycles. The van der Waals surface area contributed by atoms with Crippen molar-refractivity contribution >= 4 is 0 Å². The van der Waals surface area contributed by atoms with E-state index in [1.807, 2.05) is 12.1 Å². The highest BCUT2D eigenvalue weighted by Crippen LogP contribution is 2.38. The van der Waals surface area contributed by atoms with E-state index in [0.717, 1.165) is 25.0 Å². The van der Waals surface area contributed by atoms with Crippen LogP contribution in [-0.4, -0.2) is 43.6 Å². The summed E-state index contributed by atoms with van der Waals surface area (Å²) >= 11 is 0. The Balaban J connectivity index is 1.46. The Bertz CT molecular complexity index is 451. The highest BCUT2D eigenvalue weighted by atomic mass is 16.5. The molecule has 1 heterocycles. The summed E-state index contributed by atoms with van der Waals surface area (Å²) in [5, 5.41) is 13.7. The maximum absolute atomic E-state index is 10.2. The molecule has 1 unspecified atom stereocenters. The second kappa shape index (κ2) is 5.72. The summed E-state index contributed by atoms with van der Waals surface area (Å²) < 4.78 is 10.5. The third-order valence-electron chi connectivity index (χ3n) is 4.51. The van der Waals surface area contributed by atoms with Crippen LogP contribution in [-0.2, 0) is 4.74 Å². The molecule has 1 atom stereocenters. The van der Waals surface area contributed by atoms with Gasteiger partial charge in [-0.25, -0.2) is 0 Å². The van der Waals surface area contributed by atoms with Crippen molar-refractivity contribution in [3.05, 3.63) is 29.8 Å². The summed E-state index contributed by atoms with van der Waals surface area (Å²) in [6.45, 7) is 1.78. The topological polar surface area (TPSA) is 50.7 Å². The maximum atomic E-state index is 10.2. The van der Waals surface area contributed by atoms with Crippen molar-refractivity contribution in [3.8, 4) is 5.75 Å². The van der Waals surface area contributed by atoms with Crippen LogP contribution in [0.1, 0.15) is 30.7 Å². The van der Waals surface area contributed by atoms with Crippen LogP contribution in [0.15, 0.2) is 24.3 Å². The minimum atomic E-state index is -0.652. The highest BCUT2D eigenvalue weighted by Gasteiger charge is 2.35. The number of aliphatic hydroxyl groups is 1. The minimum absolute atomic E-state index is 0.464. The normalized spacial score (nSPS) is 32.9. The number of hydrogen-bond donors (Lipinski definition) is 2. The molecule has 0 spiro atoms. The zero-order valence-corrected chi connectivity index (χ0v) is 12.0. The molecule has 2 N–H and O–H groups in total. The molecule has 0 radical (unpaired) electrons. The Hall–Kier alpha value is -1.10. The molecule has 1 aliphatic carbocycles. The third kappa shape index (κ3) is 2.97. The molecule has 0 amide bonds. The molecule has 1 aromatic carbocycles. The van der Waals surface area contributed by atoms with Gasteiger partial charge in [0.05, 0.1) is 13.7 Å². The second-order valence-electron chi connectivity index (χ2n) is 6.05. The van der Waals surface area contributed by atoms with Crippen molar-refractivity contribution in [2.24, 2.45) is 0 Å². The summed E-state index contributed by atoms with van der Waals surface area (Å²) in [6, 6.07) is 8.83. The van der Waals surface area contributed by atoms with Crippen molar-refractivity contribution in [2.75, 3.05) is 26.9 Å². The molecule has 1 saturated carbocycles. The molecule has 2 fully saturated rings. The van der Waals surface area contributed by atoms with Crippen LogP contribution in [0.4, 0.5) is 0 Å². The van der Waals surface area contributed by atoms with Gasteiger partial charge < -0.3 is 19.9 Å². The number of rotatable bonds is 5. The number of methoxy groups -OCH3 is 1. The number of hydrogen-bond acceptors (Lipinski definition) is 4. The molecule has 4 heteroatoms. The van der Waals surface area contributed by atoms with Gasteiger partial charge in [0, 0.05) is 25.6 Å². The Morgan fingerprint density at radius 3 is 3.00 bits per heavy atom. The average molecular weight is 277 g/mol. The van der Waals surface area contributed by atoms with Crippen molar-refractivity contribution in [2.45, 2.75) is 36.8 Å². The Morgan fingerprint density at radius 2 is 2.30 bits per heavy atom. The third-order valence-corrected chi connectivity index (χ3v) is 4.51. The van der Waals surface area contributed by atoms with Crippen LogP contribution in [0.2, 0.25) is 0 Å². The fourth-order valence-electron chi connectivity index (χ4n) is 3.02.